The van der Waals surface area contributed by atoms with E-state index in [9.17, 15) is 4.79 Å². The van der Waals surface area contributed by atoms with E-state index in [4.69, 9.17) is 0 Å². The Morgan fingerprint density at radius 2 is 2.15 bits per heavy atom. The minimum atomic E-state index is 0.0251. The first-order chi connectivity index (χ1) is 12.7. The van der Waals surface area contributed by atoms with Gasteiger partial charge in [-0.15, -0.1) is 0 Å². The van der Waals surface area contributed by atoms with Crippen molar-refractivity contribution in [3.8, 4) is 0 Å². The molecule has 0 spiro atoms. The molecule has 1 aromatic heterocycles. The van der Waals surface area contributed by atoms with Gasteiger partial charge in [0.25, 0.3) is 0 Å². The van der Waals surface area contributed by atoms with Crippen LogP contribution in [0.2, 0.25) is 0 Å². The number of hydrogen-bond acceptors (Lipinski definition) is 4. The van der Waals surface area contributed by atoms with E-state index >= 15 is 0 Å². The number of carbonyl (C=O) groups excluding carboxylic acids is 1. The summed E-state index contributed by atoms with van der Waals surface area (Å²) in [6.45, 7) is 7.37. The van der Waals surface area contributed by atoms with Gasteiger partial charge in [-0.05, 0) is 41.7 Å². The number of carbonyl (C=O) groups is 1. The van der Waals surface area contributed by atoms with Gasteiger partial charge in [-0.25, -0.2) is 0 Å². The molecule has 2 atom stereocenters. The van der Waals surface area contributed by atoms with Crippen LogP contribution in [0.25, 0.3) is 0 Å². The zero-order chi connectivity index (χ0) is 18.4. The van der Waals surface area contributed by atoms with Crippen LogP contribution in [0, 0.1) is 0 Å². The zero-order valence-electron chi connectivity index (χ0n) is 15.6. The van der Waals surface area contributed by atoms with E-state index in [1.165, 1.54) is 5.56 Å². The topological polar surface area (TPSA) is 57.3 Å². The average Bonchev–Trinajstić information content (AvgIpc) is 2.69. The van der Waals surface area contributed by atoms with E-state index in [1.54, 1.807) is 6.20 Å². The molecule has 3 rings (SSSR count). The molecule has 1 aromatic carbocycles. The number of pyridine rings is 1. The van der Waals surface area contributed by atoms with Gasteiger partial charge in [-0.2, -0.15) is 0 Å². The number of aromatic nitrogens is 1. The number of piperazine rings is 1. The third kappa shape index (κ3) is 4.68. The number of rotatable bonds is 6. The number of benzene rings is 1. The molecule has 0 aliphatic carbocycles. The fourth-order valence-electron chi connectivity index (χ4n) is 3.35. The summed E-state index contributed by atoms with van der Waals surface area (Å²) in [7, 11) is 0. The van der Waals surface area contributed by atoms with Crippen LogP contribution in [0.5, 0.6) is 0 Å². The van der Waals surface area contributed by atoms with Crippen LogP contribution in [0.4, 0.5) is 5.69 Å². The predicted octanol–water partition coefficient (Wildman–Crippen LogP) is 3.18. The van der Waals surface area contributed by atoms with Gasteiger partial charge < -0.3 is 10.6 Å². The Kier molecular flexibility index (Phi) is 6.36. The highest BCUT2D eigenvalue weighted by molar-refractivity contribution is 5.92. The van der Waals surface area contributed by atoms with Gasteiger partial charge in [0.15, 0.2) is 0 Å². The molecular weight excluding hydrogens is 324 g/mol. The first kappa shape index (κ1) is 18.5. The van der Waals surface area contributed by atoms with Gasteiger partial charge in [-0.1, -0.05) is 32.0 Å². The third-order valence-corrected chi connectivity index (χ3v) is 5.15. The molecule has 1 aliphatic heterocycles. The summed E-state index contributed by atoms with van der Waals surface area (Å²) in [5.74, 6) is 0.568. The Morgan fingerprint density at radius 1 is 1.35 bits per heavy atom. The lowest BCUT2D eigenvalue weighted by Crippen LogP contribution is -2.48. The second kappa shape index (κ2) is 8.92. The minimum absolute atomic E-state index is 0.0251. The summed E-state index contributed by atoms with van der Waals surface area (Å²) >= 11 is 0. The smallest absolute Gasteiger partial charge is 0.238 e. The molecule has 2 aromatic rings. The van der Waals surface area contributed by atoms with Crippen LogP contribution >= 0.6 is 0 Å². The fourth-order valence-corrected chi connectivity index (χ4v) is 3.35. The maximum atomic E-state index is 12.5. The van der Waals surface area contributed by atoms with Gasteiger partial charge in [0.1, 0.15) is 0 Å². The van der Waals surface area contributed by atoms with Crippen molar-refractivity contribution < 1.29 is 4.79 Å². The Hall–Kier alpha value is -2.24. The number of hydrogen-bond donors (Lipinski definition) is 2. The molecule has 5 heteroatoms. The molecule has 1 amide bonds. The van der Waals surface area contributed by atoms with Crippen LogP contribution < -0.4 is 10.6 Å². The molecule has 1 aliphatic rings. The van der Waals surface area contributed by atoms with Gasteiger partial charge >= 0.3 is 0 Å². The maximum Gasteiger partial charge on any atom is 0.238 e. The summed E-state index contributed by atoms with van der Waals surface area (Å²) < 4.78 is 0. The molecule has 2 heterocycles. The van der Waals surface area contributed by atoms with Gasteiger partial charge in [0.2, 0.25) is 5.91 Å². The molecular formula is C21H28N4O. The Labute approximate surface area is 155 Å². The van der Waals surface area contributed by atoms with Crippen LogP contribution in [0.15, 0.2) is 48.8 Å². The van der Waals surface area contributed by atoms with E-state index in [-0.39, 0.29) is 11.9 Å². The van der Waals surface area contributed by atoms with Crippen LogP contribution in [-0.4, -0.2) is 42.0 Å². The number of amides is 1. The molecule has 138 valence electrons. The van der Waals surface area contributed by atoms with Crippen LogP contribution in [0.1, 0.15) is 43.4 Å². The van der Waals surface area contributed by atoms with Crippen molar-refractivity contribution in [2.75, 3.05) is 31.5 Å². The molecule has 26 heavy (non-hydrogen) atoms. The lowest BCUT2D eigenvalue weighted by molar-refractivity contribution is -0.118. The molecule has 2 unspecified atom stereocenters. The molecule has 2 N–H and O–H groups in total. The second-order valence-electron chi connectivity index (χ2n) is 6.96. The Morgan fingerprint density at radius 3 is 2.85 bits per heavy atom. The normalized spacial score (nSPS) is 19.1. The zero-order valence-corrected chi connectivity index (χ0v) is 15.6. The summed E-state index contributed by atoms with van der Waals surface area (Å²) in [6, 6.07) is 12.4. The summed E-state index contributed by atoms with van der Waals surface area (Å²) in [6.07, 6.45) is 4.78. The number of nitrogens with zero attached hydrogens (tertiary/aromatic N) is 2. The van der Waals surface area contributed by atoms with Crippen molar-refractivity contribution >= 4 is 11.6 Å². The largest absolute Gasteiger partial charge is 0.325 e. The highest BCUT2D eigenvalue weighted by atomic mass is 16.2. The van der Waals surface area contributed by atoms with Crippen molar-refractivity contribution in [1.29, 1.82) is 0 Å². The number of nitrogens with one attached hydrogen (secondary N) is 2. The first-order valence-corrected chi connectivity index (χ1v) is 9.42. The van der Waals surface area contributed by atoms with Crippen molar-refractivity contribution in [2.45, 2.75) is 32.2 Å². The lowest BCUT2D eigenvalue weighted by Gasteiger charge is -2.35. The maximum absolute atomic E-state index is 12.5. The van der Waals surface area contributed by atoms with Crippen molar-refractivity contribution in [2.24, 2.45) is 0 Å². The van der Waals surface area contributed by atoms with E-state index in [0.717, 1.165) is 37.3 Å². The average molecular weight is 352 g/mol. The molecule has 0 saturated carbocycles. The van der Waals surface area contributed by atoms with Gasteiger partial charge in [0, 0.05) is 43.8 Å². The van der Waals surface area contributed by atoms with Gasteiger partial charge in [0.05, 0.1) is 6.54 Å². The summed E-state index contributed by atoms with van der Waals surface area (Å²) in [5.41, 5.74) is 3.31. The van der Waals surface area contributed by atoms with E-state index in [2.05, 4.69) is 52.6 Å². The predicted molar refractivity (Wildman–Crippen MR) is 105 cm³/mol. The fraction of sp³-hybridized carbons (Fsp3) is 0.429. The third-order valence-electron chi connectivity index (χ3n) is 5.15. The summed E-state index contributed by atoms with van der Waals surface area (Å²) in [4.78, 5) is 19.0. The summed E-state index contributed by atoms with van der Waals surface area (Å²) in [5, 5.41) is 6.44. The van der Waals surface area contributed by atoms with Crippen molar-refractivity contribution in [1.82, 2.24) is 15.2 Å². The lowest BCUT2D eigenvalue weighted by atomic mass is 9.99. The Balaban J connectivity index is 1.61. The highest BCUT2D eigenvalue weighted by Gasteiger charge is 2.25. The van der Waals surface area contributed by atoms with Crippen molar-refractivity contribution in [3.63, 3.8) is 0 Å². The molecule has 0 bridgehead atoms. The monoisotopic (exact) mass is 352 g/mol. The SMILES string of the molecule is CCC(C)c1ccc(NC(=O)CN2CCNCC2c2cccnc2)cc1. The molecule has 1 saturated heterocycles. The standard InChI is InChI=1S/C21H28N4O/c1-3-16(2)17-6-8-19(9-7-17)24-21(26)15-25-12-11-23-14-20(25)18-5-4-10-22-13-18/h4-10,13,16,20,23H,3,11-12,14-15H2,1-2H3,(H,24,26). The van der Waals surface area contributed by atoms with E-state index < -0.39 is 0 Å². The molecule has 1 fully saturated rings. The molecule has 5 nitrogen and oxygen atoms in total. The first-order valence-electron chi connectivity index (χ1n) is 9.42. The second-order valence-corrected chi connectivity index (χ2v) is 6.96. The number of anilines is 1. The van der Waals surface area contributed by atoms with Gasteiger partial charge in [-0.3, -0.25) is 14.7 Å². The molecule has 0 radical (unpaired) electrons. The van der Waals surface area contributed by atoms with Crippen molar-refractivity contribution in [3.05, 3.63) is 59.9 Å². The van der Waals surface area contributed by atoms with Crippen LogP contribution in [-0.2, 0) is 4.79 Å². The highest BCUT2D eigenvalue weighted by Crippen LogP contribution is 2.22. The minimum Gasteiger partial charge on any atom is -0.325 e. The van der Waals surface area contributed by atoms with E-state index in [0.29, 0.717) is 12.5 Å². The Bertz CT molecular complexity index is 702. The van der Waals surface area contributed by atoms with E-state index in [1.807, 2.05) is 24.4 Å². The van der Waals surface area contributed by atoms with Crippen LogP contribution in [0.3, 0.4) is 0 Å². The quantitative estimate of drug-likeness (QED) is 0.838.